The molecular weight excluding hydrogens is 268 g/mol. The lowest BCUT2D eigenvalue weighted by atomic mass is 9.97. The molecule has 0 radical (unpaired) electrons. The van der Waals surface area contributed by atoms with Gasteiger partial charge >= 0.3 is 0 Å². The van der Waals surface area contributed by atoms with Gasteiger partial charge in [-0.1, -0.05) is 11.6 Å². The molecule has 2 heterocycles. The zero-order valence-electron chi connectivity index (χ0n) is 10.8. The van der Waals surface area contributed by atoms with Crippen molar-refractivity contribution in [1.82, 2.24) is 15.3 Å². The maximum atomic E-state index is 11.7. The number of carbonyl (C=O) groups is 1. The van der Waals surface area contributed by atoms with Crippen molar-refractivity contribution in [1.29, 1.82) is 0 Å². The molecule has 2 N–H and O–H groups in total. The summed E-state index contributed by atoms with van der Waals surface area (Å²) in [6.45, 7) is 1.17. The number of aliphatic hydroxyl groups excluding tert-OH is 1. The fourth-order valence-corrected chi connectivity index (χ4v) is 2.57. The van der Waals surface area contributed by atoms with Crippen LogP contribution < -0.4 is 10.2 Å². The molecule has 0 saturated carbocycles. The van der Waals surface area contributed by atoms with Gasteiger partial charge in [-0.25, -0.2) is 9.97 Å². The van der Waals surface area contributed by atoms with Crippen molar-refractivity contribution in [3.05, 3.63) is 17.0 Å². The summed E-state index contributed by atoms with van der Waals surface area (Å²) in [7, 11) is 1.64. The zero-order valence-corrected chi connectivity index (χ0v) is 11.5. The van der Waals surface area contributed by atoms with E-state index >= 15 is 0 Å². The molecule has 0 spiro atoms. The molecule has 0 aromatic carbocycles. The van der Waals surface area contributed by atoms with E-state index in [2.05, 4.69) is 15.3 Å². The van der Waals surface area contributed by atoms with E-state index in [1.165, 1.54) is 6.33 Å². The minimum Gasteiger partial charge on any atom is -0.391 e. The number of anilines is 1. The van der Waals surface area contributed by atoms with Gasteiger partial charge in [0.25, 0.3) is 0 Å². The van der Waals surface area contributed by atoms with Crippen LogP contribution in [0.4, 0.5) is 5.82 Å². The maximum absolute atomic E-state index is 11.7. The Morgan fingerprint density at radius 3 is 3.11 bits per heavy atom. The van der Waals surface area contributed by atoms with Crippen LogP contribution in [0.5, 0.6) is 0 Å². The summed E-state index contributed by atoms with van der Waals surface area (Å²) in [5.74, 6) is 0.602. The lowest BCUT2D eigenvalue weighted by Crippen LogP contribution is -2.42. The predicted octanol–water partition coefficient (Wildman–Crippen LogP) is 0.585. The fourth-order valence-electron chi connectivity index (χ4n) is 2.38. The Morgan fingerprint density at radius 1 is 1.63 bits per heavy atom. The Kier molecular flexibility index (Phi) is 4.55. The number of nitrogens with one attached hydrogen (secondary N) is 1. The van der Waals surface area contributed by atoms with Crippen molar-refractivity contribution < 1.29 is 9.90 Å². The largest absolute Gasteiger partial charge is 0.391 e. The van der Waals surface area contributed by atoms with Crippen LogP contribution >= 0.6 is 11.6 Å². The monoisotopic (exact) mass is 284 g/mol. The number of aliphatic hydroxyl groups is 1. The van der Waals surface area contributed by atoms with Crippen molar-refractivity contribution in [2.75, 3.05) is 25.0 Å². The maximum Gasteiger partial charge on any atom is 0.224 e. The molecule has 104 valence electrons. The second-order valence-electron chi connectivity index (χ2n) is 4.52. The normalized spacial score (nSPS) is 19.3. The fraction of sp³-hybridized carbons (Fsp3) is 0.583. The van der Waals surface area contributed by atoms with Gasteiger partial charge in [0.05, 0.1) is 18.1 Å². The van der Waals surface area contributed by atoms with Gasteiger partial charge in [-0.2, -0.15) is 0 Å². The van der Waals surface area contributed by atoms with Gasteiger partial charge in [0, 0.05) is 20.1 Å². The molecule has 0 aliphatic carbocycles. The summed E-state index contributed by atoms with van der Waals surface area (Å²) in [6, 6.07) is 0. The Bertz CT molecular complexity index is 469. The first-order chi connectivity index (χ1) is 9.17. The van der Waals surface area contributed by atoms with Gasteiger partial charge in [-0.15, -0.1) is 0 Å². The molecule has 2 rings (SSSR count). The van der Waals surface area contributed by atoms with Crippen molar-refractivity contribution >= 4 is 23.3 Å². The highest BCUT2D eigenvalue weighted by atomic mass is 35.5. The molecule has 1 unspecified atom stereocenters. The average Bonchev–Trinajstić information content (AvgIpc) is 2.46. The summed E-state index contributed by atoms with van der Waals surface area (Å²) in [5, 5.41) is 12.3. The van der Waals surface area contributed by atoms with Gasteiger partial charge < -0.3 is 15.3 Å². The molecule has 1 fully saturated rings. The van der Waals surface area contributed by atoms with Crippen LogP contribution in [0.3, 0.4) is 0 Å². The predicted molar refractivity (Wildman–Crippen MR) is 72.0 cm³/mol. The molecule has 1 aliphatic rings. The van der Waals surface area contributed by atoms with E-state index in [0.29, 0.717) is 17.9 Å². The Labute approximate surface area is 116 Å². The molecule has 1 saturated heterocycles. The van der Waals surface area contributed by atoms with Gasteiger partial charge in [0.15, 0.2) is 0 Å². The second kappa shape index (κ2) is 6.16. The third-order valence-corrected chi connectivity index (χ3v) is 3.69. The van der Waals surface area contributed by atoms with E-state index in [1.54, 1.807) is 7.05 Å². The minimum absolute atomic E-state index is 0.0374. The van der Waals surface area contributed by atoms with E-state index in [9.17, 15) is 9.90 Å². The van der Waals surface area contributed by atoms with E-state index < -0.39 is 0 Å². The molecule has 19 heavy (non-hydrogen) atoms. The highest BCUT2D eigenvalue weighted by molar-refractivity contribution is 6.30. The van der Waals surface area contributed by atoms with Crippen molar-refractivity contribution in [2.24, 2.45) is 5.92 Å². The Balaban J connectivity index is 2.22. The molecule has 6 nitrogen and oxygen atoms in total. The van der Waals surface area contributed by atoms with Gasteiger partial charge in [0.1, 0.15) is 17.3 Å². The quantitative estimate of drug-likeness (QED) is 0.794. The second-order valence-corrected chi connectivity index (χ2v) is 4.88. The molecule has 1 aromatic heterocycles. The summed E-state index contributed by atoms with van der Waals surface area (Å²) in [5.41, 5.74) is 0.515. The van der Waals surface area contributed by atoms with Crippen molar-refractivity contribution in [2.45, 2.75) is 19.4 Å². The first-order valence-electron chi connectivity index (χ1n) is 6.24. The molecule has 1 aromatic rings. The van der Waals surface area contributed by atoms with Crippen molar-refractivity contribution in [3.8, 4) is 0 Å². The van der Waals surface area contributed by atoms with Crippen LogP contribution in [0.15, 0.2) is 6.33 Å². The van der Waals surface area contributed by atoms with E-state index in [1.807, 2.05) is 4.90 Å². The number of nitrogens with zero attached hydrogens (tertiary/aromatic N) is 3. The summed E-state index contributed by atoms with van der Waals surface area (Å²) in [6.07, 6.45) is 3.15. The third-order valence-electron chi connectivity index (χ3n) is 3.37. The summed E-state index contributed by atoms with van der Waals surface area (Å²) in [4.78, 5) is 21.8. The molecule has 1 aliphatic heterocycles. The Morgan fingerprint density at radius 2 is 2.42 bits per heavy atom. The number of carbonyl (C=O) groups excluding carboxylic acids is 1. The molecular formula is C12H17ClN4O2. The standard InChI is InChI=1S/C12H17ClN4O2/c1-14-12(19)8-3-2-4-17(5-8)11-9(6-18)10(13)15-7-16-11/h7-8,18H,2-6H2,1H3,(H,14,19). The summed E-state index contributed by atoms with van der Waals surface area (Å²) >= 11 is 5.96. The van der Waals surface area contributed by atoms with Crippen LogP contribution in [-0.4, -0.2) is 41.1 Å². The highest BCUT2D eigenvalue weighted by Crippen LogP contribution is 2.27. The number of hydrogen-bond donors (Lipinski definition) is 2. The summed E-state index contributed by atoms with van der Waals surface area (Å²) < 4.78 is 0. The minimum atomic E-state index is -0.212. The average molecular weight is 285 g/mol. The smallest absolute Gasteiger partial charge is 0.224 e. The molecule has 1 amide bonds. The topological polar surface area (TPSA) is 78.4 Å². The lowest BCUT2D eigenvalue weighted by Gasteiger charge is -2.33. The number of piperidine rings is 1. The van der Waals surface area contributed by atoms with Gasteiger partial charge in [-0.05, 0) is 12.8 Å². The number of rotatable bonds is 3. The first kappa shape index (κ1) is 14.0. The Hall–Kier alpha value is -1.40. The number of halogens is 1. The molecule has 1 atom stereocenters. The zero-order chi connectivity index (χ0) is 13.8. The van der Waals surface area contributed by atoms with Crippen molar-refractivity contribution in [3.63, 3.8) is 0 Å². The van der Waals surface area contributed by atoms with Crippen LogP contribution in [0.2, 0.25) is 5.15 Å². The van der Waals surface area contributed by atoms with Crippen LogP contribution in [-0.2, 0) is 11.4 Å². The SMILES string of the molecule is CNC(=O)C1CCCN(c2ncnc(Cl)c2CO)C1. The molecule has 0 bridgehead atoms. The first-order valence-corrected chi connectivity index (χ1v) is 6.62. The lowest BCUT2D eigenvalue weighted by molar-refractivity contribution is -0.124. The van der Waals surface area contributed by atoms with Crippen LogP contribution in [0.1, 0.15) is 18.4 Å². The van der Waals surface area contributed by atoms with Gasteiger partial charge in [0.2, 0.25) is 5.91 Å². The van der Waals surface area contributed by atoms with Crippen LogP contribution in [0.25, 0.3) is 0 Å². The highest BCUT2D eigenvalue weighted by Gasteiger charge is 2.27. The van der Waals surface area contributed by atoms with E-state index in [4.69, 9.17) is 11.6 Å². The molecule has 7 heteroatoms. The number of amides is 1. The van der Waals surface area contributed by atoms with E-state index in [-0.39, 0.29) is 23.6 Å². The number of hydrogen-bond acceptors (Lipinski definition) is 5. The van der Waals surface area contributed by atoms with Gasteiger partial charge in [-0.3, -0.25) is 4.79 Å². The van der Waals surface area contributed by atoms with E-state index in [0.717, 1.165) is 19.4 Å². The van der Waals surface area contributed by atoms with Crippen LogP contribution in [0, 0.1) is 5.92 Å². The number of aromatic nitrogens is 2. The third kappa shape index (κ3) is 2.96.